The number of nitrogens with two attached hydrogens (primary N) is 1. The molecule has 0 saturated carbocycles. The number of morpholine rings is 1. The van der Waals surface area contributed by atoms with Gasteiger partial charge in [-0.05, 0) is 60.0 Å². The molecule has 12 heteroatoms. The second kappa shape index (κ2) is 13.3. The van der Waals surface area contributed by atoms with E-state index in [0.717, 1.165) is 37.2 Å². The highest BCUT2D eigenvalue weighted by atomic mass is 19.4. The summed E-state index contributed by atoms with van der Waals surface area (Å²) in [5.41, 5.74) is 8.60. The van der Waals surface area contributed by atoms with E-state index in [2.05, 4.69) is 25.6 Å². The molecule has 2 fully saturated rings. The maximum Gasteiger partial charge on any atom is 0.573 e. The summed E-state index contributed by atoms with van der Waals surface area (Å²) in [6.45, 7) is 2.85. The maximum absolute atomic E-state index is 13.4. The first-order valence-electron chi connectivity index (χ1n) is 13.8. The summed E-state index contributed by atoms with van der Waals surface area (Å²) < 4.78 is 47.1. The summed E-state index contributed by atoms with van der Waals surface area (Å²) in [5, 5.41) is 8.82. The first kappa shape index (κ1) is 30.1. The number of nitrogens with one attached hydrogen (secondary N) is 3. The monoisotopic (exact) mass is 595 g/mol. The molecule has 9 nitrogen and oxygen atoms in total. The van der Waals surface area contributed by atoms with Crippen molar-refractivity contribution in [3.05, 3.63) is 90.0 Å². The Labute approximate surface area is 246 Å². The fourth-order valence-electron chi connectivity index (χ4n) is 5.18. The lowest BCUT2D eigenvalue weighted by atomic mass is 10.0. The zero-order chi connectivity index (χ0) is 30.4. The number of nitrogen functional groups attached to an aromatic ring is 1. The van der Waals surface area contributed by atoms with Crippen molar-refractivity contribution in [3.8, 4) is 5.75 Å². The number of carbonyl (C=O) groups excluding carboxylic acids is 2. The fourth-order valence-corrected chi connectivity index (χ4v) is 5.18. The van der Waals surface area contributed by atoms with Crippen molar-refractivity contribution in [2.75, 3.05) is 42.6 Å². The lowest BCUT2D eigenvalue weighted by Crippen LogP contribution is -2.43. The van der Waals surface area contributed by atoms with E-state index in [1.165, 1.54) is 18.2 Å². The number of hydrogen-bond acceptors (Lipinski definition) is 7. The van der Waals surface area contributed by atoms with Gasteiger partial charge in [0.2, 0.25) is 11.8 Å². The smallest absolute Gasteiger partial charge is 0.406 e. The topological polar surface area (TPSA) is 118 Å². The van der Waals surface area contributed by atoms with E-state index >= 15 is 0 Å². The van der Waals surface area contributed by atoms with Gasteiger partial charge < -0.3 is 31.2 Å². The number of anilines is 3. The summed E-state index contributed by atoms with van der Waals surface area (Å²) >= 11 is 0. The van der Waals surface area contributed by atoms with E-state index in [9.17, 15) is 22.8 Å². The molecule has 2 aliphatic rings. The van der Waals surface area contributed by atoms with E-state index in [1.807, 2.05) is 0 Å². The zero-order valence-corrected chi connectivity index (χ0v) is 23.1. The lowest BCUT2D eigenvalue weighted by Gasteiger charge is -2.27. The van der Waals surface area contributed by atoms with Crippen LogP contribution in [0.5, 0.6) is 5.75 Å². The largest absolute Gasteiger partial charge is 0.573 e. The fraction of sp³-hybridized carbons (Fsp3) is 0.290. The number of rotatable bonds is 11. The number of hydrogen-bond donors (Lipinski definition) is 4. The van der Waals surface area contributed by atoms with Crippen LogP contribution in [-0.2, 0) is 14.3 Å². The van der Waals surface area contributed by atoms with Gasteiger partial charge in [0.15, 0.2) is 0 Å². The van der Waals surface area contributed by atoms with E-state index in [0.29, 0.717) is 41.8 Å². The molecule has 2 saturated heterocycles. The van der Waals surface area contributed by atoms with Crippen molar-refractivity contribution in [2.45, 2.75) is 31.0 Å². The van der Waals surface area contributed by atoms with Crippen molar-refractivity contribution in [3.63, 3.8) is 0 Å². The molecule has 3 unspecified atom stereocenters. The quantitative estimate of drug-likeness (QED) is 0.190. The van der Waals surface area contributed by atoms with Crippen LogP contribution in [0.1, 0.15) is 23.6 Å². The number of likely N-dealkylation sites (tertiary alicyclic amines) is 1. The molecule has 3 aromatic carbocycles. The SMILES string of the molecule is Nc1ccccc1NC(=O)/C=C/c1ccc(C(NCCN2CC3CC2CO3)C(=O)Nc2ccc(OC(F)(F)F)cc2)cc1. The number of amides is 2. The van der Waals surface area contributed by atoms with Crippen LogP contribution in [0.25, 0.3) is 6.08 Å². The number of carbonyl (C=O) groups is 2. The third kappa shape index (κ3) is 8.34. The molecule has 3 atom stereocenters. The average Bonchev–Trinajstić information content (AvgIpc) is 3.60. The Morgan fingerprint density at radius 2 is 1.79 bits per heavy atom. The van der Waals surface area contributed by atoms with Gasteiger partial charge in [-0.3, -0.25) is 14.5 Å². The first-order chi connectivity index (χ1) is 20.6. The van der Waals surface area contributed by atoms with Crippen molar-refractivity contribution >= 4 is 35.0 Å². The van der Waals surface area contributed by atoms with Crippen LogP contribution in [0, 0.1) is 0 Å². The Hall–Kier alpha value is -4.39. The molecule has 0 spiro atoms. The van der Waals surface area contributed by atoms with Gasteiger partial charge in [0, 0.05) is 37.4 Å². The number of benzene rings is 3. The second-order valence-corrected chi connectivity index (χ2v) is 10.4. The molecule has 226 valence electrons. The molecule has 0 aliphatic carbocycles. The molecule has 5 rings (SSSR count). The predicted octanol–water partition coefficient (Wildman–Crippen LogP) is 4.56. The number of nitrogens with zero attached hydrogens (tertiary/aromatic N) is 1. The van der Waals surface area contributed by atoms with Crippen LogP contribution >= 0.6 is 0 Å². The molecule has 0 radical (unpaired) electrons. The highest BCUT2D eigenvalue weighted by Gasteiger charge is 2.38. The normalized spacial score (nSPS) is 19.0. The summed E-state index contributed by atoms with van der Waals surface area (Å²) in [7, 11) is 0. The van der Waals surface area contributed by atoms with Crippen molar-refractivity contribution in [1.82, 2.24) is 10.2 Å². The minimum Gasteiger partial charge on any atom is -0.406 e. The lowest BCUT2D eigenvalue weighted by molar-refractivity contribution is -0.274. The Kier molecular flexibility index (Phi) is 9.29. The predicted molar refractivity (Wildman–Crippen MR) is 157 cm³/mol. The molecule has 0 aromatic heterocycles. The number of alkyl halides is 3. The molecule has 2 heterocycles. The highest BCUT2D eigenvalue weighted by molar-refractivity contribution is 6.03. The van der Waals surface area contributed by atoms with E-state index < -0.39 is 12.4 Å². The summed E-state index contributed by atoms with van der Waals surface area (Å²) in [6, 6.07) is 18.7. The minimum absolute atomic E-state index is 0.265. The first-order valence-corrected chi connectivity index (χ1v) is 13.8. The van der Waals surface area contributed by atoms with Crippen LogP contribution in [-0.4, -0.2) is 61.5 Å². The highest BCUT2D eigenvalue weighted by Crippen LogP contribution is 2.28. The zero-order valence-electron chi connectivity index (χ0n) is 23.1. The van der Waals surface area contributed by atoms with Gasteiger partial charge in [-0.15, -0.1) is 13.2 Å². The third-order valence-electron chi connectivity index (χ3n) is 7.29. The Morgan fingerprint density at radius 3 is 2.44 bits per heavy atom. The van der Waals surface area contributed by atoms with Crippen LogP contribution < -0.4 is 26.4 Å². The number of fused-ring (bicyclic) bond motifs is 2. The molecule has 2 bridgehead atoms. The molecule has 2 aliphatic heterocycles. The van der Waals surface area contributed by atoms with Crippen LogP contribution in [0.15, 0.2) is 78.9 Å². The molecule has 3 aromatic rings. The van der Waals surface area contributed by atoms with Gasteiger partial charge in [0.05, 0.1) is 24.1 Å². The Morgan fingerprint density at radius 1 is 1.05 bits per heavy atom. The van der Waals surface area contributed by atoms with Crippen LogP contribution in [0.4, 0.5) is 30.2 Å². The van der Waals surface area contributed by atoms with Crippen molar-refractivity contribution < 1.29 is 32.2 Å². The van der Waals surface area contributed by atoms with Crippen molar-refractivity contribution in [1.29, 1.82) is 0 Å². The average molecular weight is 596 g/mol. The number of ether oxygens (including phenoxy) is 2. The minimum atomic E-state index is -4.80. The van der Waals surface area contributed by atoms with Crippen LogP contribution in [0.3, 0.4) is 0 Å². The van der Waals surface area contributed by atoms with E-state index in [1.54, 1.807) is 54.6 Å². The summed E-state index contributed by atoms with van der Waals surface area (Å²) in [6.07, 6.45) is -0.480. The van der Waals surface area contributed by atoms with Gasteiger partial charge in [0.25, 0.3) is 0 Å². The molecule has 43 heavy (non-hydrogen) atoms. The van der Waals surface area contributed by atoms with Gasteiger partial charge in [0.1, 0.15) is 11.8 Å². The molecule has 5 N–H and O–H groups in total. The van der Waals surface area contributed by atoms with Crippen LogP contribution in [0.2, 0.25) is 0 Å². The second-order valence-electron chi connectivity index (χ2n) is 10.4. The van der Waals surface area contributed by atoms with Gasteiger partial charge >= 0.3 is 6.36 Å². The van der Waals surface area contributed by atoms with Gasteiger partial charge in [-0.25, -0.2) is 0 Å². The molecular weight excluding hydrogens is 563 g/mol. The summed E-state index contributed by atoms with van der Waals surface area (Å²) in [5.74, 6) is -1.10. The standard InChI is InChI=1S/C31H32F3N5O4/c32-31(33,34)43-24-12-10-22(11-13-24)37-30(41)29(36-15-16-39-18-25-17-23(39)19-42-25)21-8-5-20(6-9-21)7-14-28(40)38-27-4-2-1-3-26(27)35/h1-14,23,25,29,36H,15-19,35H2,(H,37,41)(H,38,40)/b14-7+. The van der Waals surface area contributed by atoms with E-state index in [4.69, 9.17) is 10.5 Å². The summed E-state index contributed by atoms with van der Waals surface area (Å²) in [4.78, 5) is 28.1. The number of para-hydroxylation sites is 2. The van der Waals surface area contributed by atoms with E-state index in [-0.39, 0.29) is 23.7 Å². The Bertz CT molecular complexity index is 1450. The number of halogens is 3. The van der Waals surface area contributed by atoms with Gasteiger partial charge in [-0.1, -0.05) is 36.4 Å². The van der Waals surface area contributed by atoms with Crippen molar-refractivity contribution in [2.24, 2.45) is 0 Å². The third-order valence-corrected chi connectivity index (χ3v) is 7.29. The Balaban J connectivity index is 1.24. The maximum atomic E-state index is 13.4. The molecule has 2 amide bonds. The van der Waals surface area contributed by atoms with Gasteiger partial charge in [-0.2, -0.15) is 0 Å². The molecular formula is C31H32F3N5O4.